The molecule has 1 nitrogen and oxygen atoms in total. The summed E-state index contributed by atoms with van der Waals surface area (Å²) < 4.78 is 1.08. The van der Waals surface area contributed by atoms with E-state index in [4.69, 9.17) is 11.6 Å². The highest BCUT2D eigenvalue weighted by molar-refractivity contribution is 14.1. The van der Waals surface area contributed by atoms with Gasteiger partial charge in [-0.05, 0) is 46.4 Å². The standard InChI is InChI=1S/C9H7BrClIO/c10-5-8(13)4-6-3-7(11)1-2-9(6)12/h1-3H,4-5H2. The molecule has 0 unspecified atom stereocenters. The Kier molecular flexibility index (Phi) is 4.69. The number of alkyl halides is 1. The second-order valence-corrected chi connectivity index (χ2v) is 4.74. The summed E-state index contributed by atoms with van der Waals surface area (Å²) in [6, 6.07) is 5.58. The highest BCUT2D eigenvalue weighted by Crippen LogP contribution is 2.18. The lowest BCUT2D eigenvalue weighted by Crippen LogP contribution is -2.04. The molecule has 0 spiro atoms. The number of halogens is 3. The Labute approximate surface area is 104 Å². The maximum Gasteiger partial charge on any atom is 0.147 e. The van der Waals surface area contributed by atoms with Gasteiger partial charge in [-0.15, -0.1) is 0 Å². The van der Waals surface area contributed by atoms with Gasteiger partial charge in [0.15, 0.2) is 0 Å². The summed E-state index contributed by atoms with van der Waals surface area (Å²) in [5.74, 6) is 0.167. The minimum absolute atomic E-state index is 0.167. The van der Waals surface area contributed by atoms with Crippen LogP contribution in [0.3, 0.4) is 0 Å². The van der Waals surface area contributed by atoms with E-state index < -0.39 is 0 Å². The average Bonchev–Trinajstić information content (AvgIpc) is 2.11. The molecule has 0 heterocycles. The fourth-order valence-corrected chi connectivity index (χ4v) is 1.86. The normalized spacial score (nSPS) is 10.1. The van der Waals surface area contributed by atoms with Crippen molar-refractivity contribution in [2.75, 3.05) is 5.33 Å². The van der Waals surface area contributed by atoms with E-state index >= 15 is 0 Å². The Morgan fingerprint density at radius 3 is 2.85 bits per heavy atom. The minimum Gasteiger partial charge on any atom is -0.298 e. The van der Waals surface area contributed by atoms with E-state index in [9.17, 15) is 4.79 Å². The summed E-state index contributed by atoms with van der Waals surface area (Å²) in [6.07, 6.45) is 0.448. The fourth-order valence-electron chi connectivity index (χ4n) is 0.938. The van der Waals surface area contributed by atoms with Crippen molar-refractivity contribution in [1.29, 1.82) is 0 Å². The number of ketones is 1. The molecule has 0 amide bonds. The topological polar surface area (TPSA) is 17.1 Å². The number of hydrogen-bond donors (Lipinski definition) is 0. The van der Waals surface area contributed by atoms with Gasteiger partial charge in [0.1, 0.15) is 5.78 Å². The van der Waals surface area contributed by atoms with E-state index in [0.717, 1.165) is 9.13 Å². The lowest BCUT2D eigenvalue weighted by atomic mass is 10.1. The highest BCUT2D eigenvalue weighted by Gasteiger charge is 2.05. The number of carbonyl (C=O) groups is 1. The van der Waals surface area contributed by atoms with Gasteiger partial charge in [0.2, 0.25) is 0 Å². The zero-order chi connectivity index (χ0) is 9.84. The molecule has 1 aromatic carbocycles. The molecule has 0 saturated heterocycles. The zero-order valence-electron chi connectivity index (χ0n) is 6.69. The van der Waals surface area contributed by atoms with Crippen LogP contribution in [0, 0.1) is 3.57 Å². The molecule has 0 bridgehead atoms. The summed E-state index contributed by atoms with van der Waals surface area (Å²) in [7, 11) is 0. The molecule has 0 radical (unpaired) electrons. The molecular weight excluding hydrogens is 366 g/mol. The Bertz CT molecular complexity index is 327. The van der Waals surface area contributed by atoms with Gasteiger partial charge in [-0.25, -0.2) is 0 Å². The lowest BCUT2D eigenvalue weighted by Gasteiger charge is -2.02. The first-order valence-electron chi connectivity index (χ1n) is 3.65. The van der Waals surface area contributed by atoms with Gasteiger partial charge in [-0.3, -0.25) is 4.79 Å². The molecule has 0 aliphatic carbocycles. The van der Waals surface area contributed by atoms with Crippen molar-refractivity contribution in [3.05, 3.63) is 32.4 Å². The summed E-state index contributed by atoms with van der Waals surface area (Å²) in [5, 5.41) is 1.08. The Hall–Kier alpha value is 0.390. The summed E-state index contributed by atoms with van der Waals surface area (Å²) in [5.41, 5.74) is 0.998. The molecule has 70 valence electrons. The molecule has 4 heteroatoms. The van der Waals surface area contributed by atoms with E-state index in [0.29, 0.717) is 16.8 Å². The van der Waals surface area contributed by atoms with Crippen molar-refractivity contribution < 1.29 is 4.79 Å². The van der Waals surface area contributed by atoms with Crippen molar-refractivity contribution in [2.24, 2.45) is 0 Å². The maximum atomic E-state index is 11.2. The van der Waals surface area contributed by atoms with Crippen molar-refractivity contribution in [2.45, 2.75) is 6.42 Å². The Morgan fingerprint density at radius 1 is 1.54 bits per heavy atom. The molecule has 0 atom stereocenters. The van der Waals surface area contributed by atoms with E-state index in [1.165, 1.54) is 0 Å². The maximum absolute atomic E-state index is 11.2. The van der Waals surface area contributed by atoms with Crippen LogP contribution in [0.5, 0.6) is 0 Å². The van der Waals surface area contributed by atoms with Gasteiger partial charge in [0.25, 0.3) is 0 Å². The second kappa shape index (κ2) is 5.32. The van der Waals surface area contributed by atoms with Crippen LogP contribution in [0.25, 0.3) is 0 Å². The molecule has 1 aromatic rings. The van der Waals surface area contributed by atoms with Crippen LogP contribution < -0.4 is 0 Å². The summed E-state index contributed by atoms with van der Waals surface area (Å²) >= 11 is 11.1. The van der Waals surface area contributed by atoms with Crippen LogP contribution in [0.15, 0.2) is 18.2 Å². The molecule has 0 N–H and O–H groups in total. The fraction of sp³-hybridized carbons (Fsp3) is 0.222. The molecule has 13 heavy (non-hydrogen) atoms. The highest BCUT2D eigenvalue weighted by atomic mass is 127. The van der Waals surface area contributed by atoms with Crippen molar-refractivity contribution in [3.8, 4) is 0 Å². The number of hydrogen-bond acceptors (Lipinski definition) is 1. The van der Waals surface area contributed by atoms with E-state index in [2.05, 4.69) is 38.5 Å². The summed E-state index contributed by atoms with van der Waals surface area (Å²) in [6.45, 7) is 0. The van der Waals surface area contributed by atoms with Crippen molar-refractivity contribution in [1.82, 2.24) is 0 Å². The van der Waals surface area contributed by atoms with Crippen LogP contribution in [0.4, 0.5) is 0 Å². The lowest BCUT2D eigenvalue weighted by molar-refractivity contribution is -0.115. The van der Waals surface area contributed by atoms with Gasteiger partial charge in [0, 0.05) is 15.0 Å². The monoisotopic (exact) mass is 372 g/mol. The first-order chi connectivity index (χ1) is 6.13. The smallest absolute Gasteiger partial charge is 0.147 e. The molecule has 0 fully saturated rings. The second-order valence-electron chi connectivity index (χ2n) is 2.58. The summed E-state index contributed by atoms with van der Waals surface area (Å²) in [4.78, 5) is 11.2. The van der Waals surface area contributed by atoms with Crippen LogP contribution >= 0.6 is 50.1 Å². The SMILES string of the molecule is O=C(CBr)Cc1cc(Cl)ccc1I. The van der Waals surface area contributed by atoms with E-state index in [-0.39, 0.29) is 5.78 Å². The average molecular weight is 373 g/mol. The number of Topliss-reactive ketones (excluding diaryl/α,β-unsaturated/α-hetero) is 1. The number of rotatable bonds is 3. The predicted molar refractivity (Wildman–Crippen MR) is 66.7 cm³/mol. The van der Waals surface area contributed by atoms with Crippen LogP contribution in [-0.4, -0.2) is 11.1 Å². The number of carbonyl (C=O) groups excluding carboxylic acids is 1. The Balaban J connectivity index is 2.87. The quantitative estimate of drug-likeness (QED) is 0.586. The van der Waals surface area contributed by atoms with E-state index in [1.807, 2.05) is 18.2 Å². The molecule has 1 rings (SSSR count). The molecular formula is C9H7BrClIO. The third-order valence-corrected chi connectivity index (χ3v) is 3.46. The molecule has 0 aliphatic heterocycles. The third-order valence-electron chi connectivity index (χ3n) is 1.54. The van der Waals surface area contributed by atoms with E-state index in [1.54, 1.807) is 0 Å². The molecule has 0 aromatic heterocycles. The third kappa shape index (κ3) is 3.56. The van der Waals surface area contributed by atoms with Crippen LogP contribution in [-0.2, 0) is 11.2 Å². The van der Waals surface area contributed by atoms with Crippen LogP contribution in [0.2, 0.25) is 5.02 Å². The van der Waals surface area contributed by atoms with Gasteiger partial charge < -0.3 is 0 Å². The van der Waals surface area contributed by atoms with Gasteiger partial charge >= 0.3 is 0 Å². The largest absolute Gasteiger partial charge is 0.298 e. The predicted octanol–water partition coefficient (Wildman–Crippen LogP) is 3.45. The van der Waals surface area contributed by atoms with Gasteiger partial charge in [-0.2, -0.15) is 0 Å². The van der Waals surface area contributed by atoms with Crippen molar-refractivity contribution >= 4 is 55.9 Å². The van der Waals surface area contributed by atoms with Crippen LogP contribution in [0.1, 0.15) is 5.56 Å². The van der Waals surface area contributed by atoms with Crippen molar-refractivity contribution in [3.63, 3.8) is 0 Å². The first kappa shape index (κ1) is 11.5. The Morgan fingerprint density at radius 2 is 2.23 bits per heavy atom. The first-order valence-corrected chi connectivity index (χ1v) is 6.23. The van der Waals surface area contributed by atoms with Gasteiger partial charge in [-0.1, -0.05) is 27.5 Å². The molecule has 0 aliphatic rings. The minimum atomic E-state index is 0.167. The zero-order valence-corrected chi connectivity index (χ0v) is 11.2. The van der Waals surface area contributed by atoms with Gasteiger partial charge in [0.05, 0.1) is 5.33 Å². The number of benzene rings is 1. The molecule has 0 saturated carbocycles.